The van der Waals surface area contributed by atoms with Crippen LogP contribution in [0.25, 0.3) is 0 Å². The molecule has 26 heavy (non-hydrogen) atoms. The molecule has 0 saturated heterocycles. The number of amides is 1. The van der Waals surface area contributed by atoms with Gasteiger partial charge >= 0.3 is 0 Å². The number of hydrogen-bond acceptors (Lipinski definition) is 4. The Balaban J connectivity index is 1.62. The van der Waals surface area contributed by atoms with Crippen molar-refractivity contribution < 1.29 is 13.9 Å². The normalized spacial score (nSPS) is 10.2. The Morgan fingerprint density at radius 1 is 1.08 bits per heavy atom. The van der Waals surface area contributed by atoms with E-state index in [2.05, 4.69) is 15.6 Å². The zero-order chi connectivity index (χ0) is 18.4. The molecule has 3 rings (SSSR count). The number of aromatic nitrogens is 1. The van der Waals surface area contributed by atoms with Gasteiger partial charge in [0.15, 0.2) is 0 Å². The molecule has 0 aliphatic carbocycles. The van der Waals surface area contributed by atoms with Crippen molar-refractivity contribution in [2.45, 2.75) is 6.54 Å². The molecule has 0 bridgehead atoms. The molecule has 1 amide bonds. The minimum absolute atomic E-state index is 0.263. The predicted molar refractivity (Wildman–Crippen MR) is 98.9 cm³/mol. The number of halogens is 1. The van der Waals surface area contributed by atoms with Crippen LogP contribution in [0.1, 0.15) is 15.9 Å². The Hall–Kier alpha value is -3.41. The number of pyridine rings is 1. The molecule has 3 aromatic rings. The monoisotopic (exact) mass is 351 g/mol. The molecule has 132 valence electrons. The molecule has 0 aliphatic heterocycles. The highest BCUT2D eigenvalue weighted by Gasteiger charge is 2.11. The van der Waals surface area contributed by atoms with E-state index in [4.69, 9.17) is 4.74 Å². The van der Waals surface area contributed by atoms with Crippen LogP contribution < -0.4 is 15.4 Å². The van der Waals surface area contributed by atoms with Gasteiger partial charge in [-0.15, -0.1) is 0 Å². The van der Waals surface area contributed by atoms with Gasteiger partial charge in [-0.2, -0.15) is 0 Å². The van der Waals surface area contributed by atoms with E-state index in [1.165, 1.54) is 19.4 Å². The van der Waals surface area contributed by atoms with Gasteiger partial charge < -0.3 is 15.4 Å². The van der Waals surface area contributed by atoms with Gasteiger partial charge in [0.2, 0.25) is 0 Å². The molecule has 0 aliphatic rings. The number of nitrogens with zero attached hydrogens (tertiary/aromatic N) is 1. The van der Waals surface area contributed by atoms with Crippen LogP contribution in [0.2, 0.25) is 0 Å². The highest BCUT2D eigenvalue weighted by atomic mass is 19.1. The molecule has 2 N–H and O–H groups in total. The first-order chi connectivity index (χ1) is 12.7. The highest BCUT2D eigenvalue weighted by Crippen LogP contribution is 2.19. The zero-order valence-electron chi connectivity index (χ0n) is 14.2. The average molecular weight is 351 g/mol. The van der Waals surface area contributed by atoms with E-state index in [0.29, 0.717) is 34.9 Å². The van der Waals surface area contributed by atoms with Crippen molar-refractivity contribution in [3.63, 3.8) is 0 Å². The van der Waals surface area contributed by atoms with Crippen molar-refractivity contribution in [1.82, 2.24) is 4.98 Å². The van der Waals surface area contributed by atoms with Crippen LogP contribution in [0.3, 0.4) is 0 Å². The second-order valence-electron chi connectivity index (χ2n) is 5.53. The van der Waals surface area contributed by atoms with Gasteiger partial charge in [0, 0.05) is 12.1 Å². The largest absolute Gasteiger partial charge is 0.496 e. The second kappa shape index (κ2) is 8.11. The molecular formula is C20H18FN3O2. The maximum atomic E-state index is 13.6. The fraction of sp³-hybridized carbons (Fsp3) is 0.100. The molecule has 1 aromatic heterocycles. The summed E-state index contributed by atoms with van der Waals surface area (Å²) in [6.45, 7) is 0.326. The lowest BCUT2D eigenvalue weighted by molar-refractivity contribution is 0.102. The van der Waals surface area contributed by atoms with Gasteiger partial charge in [-0.25, -0.2) is 9.37 Å². The third kappa shape index (κ3) is 4.16. The van der Waals surface area contributed by atoms with E-state index >= 15 is 0 Å². The quantitative estimate of drug-likeness (QED) is 0.702. The SMILES string of the molecule is COc1ccccc1C(=O)Nc1ccc(NCc2ccccc2F)nc1. The molecule has 5 nitrogen and oxygen atoms in total. The minimum Gasteiger partial charge on any atom is -0.496 e. The van der Waals surface area contributed by atoms with E-state index in [0.717, 1.165) is 0 Å². The van der Waals surface area contributed by atoms with Gasteiger partial charge in [-0.3, -0.25) is 4.79 Å². The lowest BCUT2D eigenvalue weighted by atomic mass is 10.2. The van der Waals surface area contributed by atoms with Crippen molar-refractivity contribution >= 4 is 17.4 Å². The van der Waals surface area contributed by atoms with E-state index < -0.39 is 0 Å². The summed E-state index contributed by atoms with van der Waals surface area (Å²) < 4.78 is 18.8. The fourth-order valence-corrected chi connectivity index (χ4v) is 2.43. The van der Waals surface area contributed by atoms with Gasteiger partial charge in [0.25, 0.3) is 5.91 Å². The number of rotatable bonds is 6. The summed E-state index contributed by atoms with van der Waals surface area (Å²) in [5.41, 5.74) is 1.55. The smallest absolute Gasteiger partial charge is 0.259 e. The molecule has 0 atom stereocenters. The number of methoxy groups -OCH3 is 1. The summed E-state index contributed by atoms with van der Waals surface area (Å²) >= 11 is 0. The molecule has 0 saturated carbocycles. The average Bonchev–Trinajstić information content (AvgIpc) is 2.68. The summed E-state index contributed by atoms with van der Waals surface area (Å²) in [4.78, 5) is 16.6. The number of carbonyl (C=O) groups is 1. The molecule has 0 unspecified atom stereocenters. The van der Waals surface area contributed by atoms with E-state index in [9.17, 15) is 9.18 Å². The summed E-state index contributed by atoms with van der Waals surface area (Å²) in [5, 5.41) is 5.82. The Kier molecular flexibility index (Phi) is 5.43. The van der Waals surface area contributed by atoms with Crippen LogP contribution in [0.15, 0.2) is 66.9 Å². The van der Waals surface area contributed by atoms with E-state index in [1.54, 1.807) is 54.6 Å². The molecule has 0 fully saturated rings. The van der Waals surface area contributed by atoms with Crippen molar-refractivity contribution in [1.29, 1.82) is 0 Å². The van der Waals surface area contributed by atoms with Gasteiger partial charge in [-0.05, 0) is 30.3 Å². The maximum absolute atomic E-state index is 13.6. The second-order valence-corrected chi connectivity index (χ2v) is 5.53. The molecule has 1 heterocycles. The van der Waals surface area contributed by atoms with Crippen LogP contribution in [-0.2, 0) is 6.54 Å². The number of para-hydroxylation sites is 1. The summed E-state index contributed by atoms with van der Waals surface area (Å²) in [6, 6.07) is 17.0. The number of anilines is 2. The lowest BCUT2D eigenvalue weighted by Crippen LogP contribution is -2.13. The predicted octanol–water partition coefficient (Wildman–Crippen LogP) is 4.09. The number of ether oxygens (including phenoxy) is 1. The van der Waals surface area contributed by atoms with Crippen LogP contribution >= 0.6 is 0 Å². The number of nitrogens with one attached hydrogen (secondary N) is 2. The third-order valence-electron chi connectivity index (χ3n) is 3.79. The van der Waals surface area contributed by atoms with Gasteiger partial charge in [-0.1, -0.05) is 30.3 Å². The summed E-state index contributed by atoms with van der Waals surface area (Å²) in [7, 11) is 1.52. The van der Waals surface area contributed by atoms with Crippen LogP contribution in [0.4, 0.5) is 15.9 Å². The Morgan fingerprint density at radius 2 is 1.85 bits per heavy atom. The number of carbonyl (C=O) groups excluding carboxylic acids is 1. The maximum Gasteiger partial charge on any atom is 0.259 e. The van der Waals surface area contributed by atoms with Gasteiger partial charge in [0.1, 0.15) is 17.4 Å². The first-order valence-electron chi connectivity index (χ1n) is 8.05. The van der Waals surface area contributed by atoms with Crippen molar-refractivity contribution in [3.05, 3.63) is 83.8 Å². The van der Waals surface area contributed by atoms with Crippen molar-refractivity contribution in [2.24, 2.45) is 0 Å². The van der Waals surface area contributed by atoms with E-state index in [-0.39, 0.29) is 11.7 Å². The number of benzene rings is 2. The highest BCUT2D eigenvalue weighted by molar-refractivity contribution is 6.06. The first-order valence-corrected chi connectivity index (χ1v) is 8.05. The Bertz CT molecular complexity index is 898. The van der Waals surface area contributed by atoms with E-state index in [1.807, 2.05) is 0 Å². The van der Waals surface area contributed by atoms with Crippen molar-refractivity contribution in [2.75, 3.05) is 17.7 Å². The topological polar surface area (TPSA) is 63.2 Å². The summed E-state index contributed by atoms with van der Waals surface area (Å²) in [5.74, 6) is 0.543. The Morgan fingerprint density at radius 3 is 2.58 bits per heavy atom. The number of hydrogen-bond donors (Lipinski definition) is 2. The standard InChI is InChI=1S/C20H18FN3O2/c1-26-18-9-5-3-7-16(18)20(25)24-15-10-11-19(23-13-15)22-12-14-6-2-4-8-17(14)21/h2-11,13H,12H2,1H3,(H,22,23)(H,24,25). The lowest BCUT2D eigenvalue weighted by Gasteiger charge is -2.10. The fourth-order valence-electron chi connectivity index (χ4n) is 2.43. The molecular weight excluding hydrogens is 333 g/mol. The van der Waals surface area contributed by atoms with Gasteiger partial charge in [0.05, 0.1) is 24.6 Å². The van der Waals surface area contributed by atoms with Crippen molar-refractivity contribution in [3.8, 4) is 5.75 Å². The minimum atomic E-state index is -0.281. The molecule has 0 radical (unpaired) electrons. The van der Waals surface area contributed by atoms with Crippen LogP contribution in [-0.4, -0.2) is 18.0 Å². The molecule has 6 heteroatoms. The first kappa shape index (κ1) is 17.4. The zero-order valence-corrected chi connectivity index (χ0v) is 14.2. The van der Waals surface area contributed by atoms with Crippen LogP contribution in [0.5, 0.6) is 5.75 Å². The molecule has 2 aromatic carbocycles. The Labute approximate surface area is 150 Å². The van der Waals surface area contributed by atoms with Crippen LogP contribution in [0, 0.1) is 5.82 Å². The molecule has 0 spiro atoms. The third-order valence-corrected chi connectivity index (χ3v) is 3.79. The summed E-state index contributed by atoms with van der Waals surface area (Å²) in [6.07, 6.45) is 1.54.